The molecule has 4 N–H and O–H groups in total. The number of aliphatic hydroxyl groups is 4. The Balaban J connectivity index is 0.000000361. The molecule has 6 rings (SSSR count). The molecule has 0 amide bonds. The van der Waals surface area contributed by atoms with Gasteiger partial charge in [0.25, 0.3) is 0 Å². The second-order valence-corrected chi connectivity index (χ2v) is 14.8. The Labute approximate surface area is 299 Å². The molecule has 8 heteroatoms. The van der Waals surface area contributed by atoms with Crippen molar-refractivity contribution in [2.45, 2.75) is 26.4 Å². The second-order valence-electron chi connectivity index (χ2n) is 9.82. The van der Waals surface area contributed by atoms with Gasteiger partial charge < -0.3 is 20.4 Å². The van der Waals surface area contributed by atoms with Crippen LogP contribution in [0.25, 0.3) is 0 Å². The zero-order chi connectivity index (χ0) is 31.6. The molecule has 0 aliphatic heterocycles. The molecule has 0 aliphatic carbocycles. The molecule has 0 unspecified atom stereocenters. The summed E-state index contributed by atoms with van der Waals surface area (Å²) >= 11 is 0. The van der Waals surface area contributed by atoms with Crippen molar-refractivity contribution in [1.82, 2.24) is 0 Å². The SMILES string of the molecule is CC(O)O.CC(O)O.[Fe].[Ru].c1ccc([PH+](c2ccccc2)[c-]2cccc2)cc1.c1ccc([PH+](c2ccccc2)[c-]2cccc2)cc1. The molecule has 0 aliphatic rings. The molecule has 46 heavy (non-hydrogen) atoms. The van der Waals surface area contributed by atoms with Crippen LogP contribution in [0.1, 0.15) is 13.8 Å². The van der Waals surface area contributed by atoms with Crippen molar-refractivity contribution in [3.8, 4) is 0 Å². The Morgan fingerprint density at radius 1 is 0.391 bits per heavy atom. The molecular weight excluding hydrogens is 739 g/mol. The van der Waals surface area contributed by atoms with E-state index in [1.54, 1.807) is 0 Å². The quantitative estimate of drug-likeness (QED) is 0.0875. The van der Waals surface area contributed by atoms with Crippen molar-refractivity contribution in [3.63, 3.8) is 0 Å². The second kappa shape index (κ2) is 23.7. The van der Waals surface area contributed by atoms with Crippen molar-refractivity contribution in [2.24, 2.45) is 0 Å². The van der Waals surface area contributed by atoms with Gasteiger partial charge in [0, 0.05) is 52.4 Å². The maximum absolute atomic E-state index is 7.61. The first-order chi connectivity index (χ1) is 21.4. The summed E-state index contributed by atoms with van der Waals surface area (Å²) in [5, 5.41) is 39.1. The fourth-order valence-electron chi connectivity index (χ4n) is 4.50. The molecule has 0 heterocycles. The fourth-order valence-corrected chi connectivity index (χ4v) is 9.66. The van der Waals surface area contributed by atoms with Crippen LogP contribution in [0.2, 0.25) is 0 Å². The molecule has 244 valence electrons. The minimum Gasteiger partial charge on any atom is -0.368 e. The van der Waals surface area contributed by atoms with E-state index in [1.165, 1.54) is 45.7 Å². The first-order valence-corrected chi connectivity index (χ1v) is 17.5. The van der Waals surface area contributed by atoms with Crippen molar-refractivity contribution < 1.29 is 57.0 Å². The monoisotopic (exact) mass is 782 g/mol. The summed E-state index contributed by atoms with van der Waals surface area (Å²) in [6, 6.07) is 60.8. The van der Waals surface area contributed by atoms with Gasteiger partial charge in [-0.25, -0.2) is 24.3 Å². The van der Waals surface area contributed by atoms with Crippen LogP contribution in [-0.2, 0) is 36.5 Å². The standard InChI is InChI=1S/2C17H15P.2C2H6O2.Fe.Ru/c2*1-3-9-15(10-4-1)18(17-13-7-8-14-17)16-11-5-2-6-12-16;2*1-2(3)4;;/h2*1-14,18H;2*2-4H,1H3;;. The van der Waals surface area contributed by atoms with E-state index in [4.69, 9.17) is 20.4 Å². The molecule has 0 fully saturated rings. The van der Waals surface area contributed by atoms with Gasteiger partial charge in [-0.3, -0.25) is 0 Å². The van der Waals surface area contributed by atoms with Gasteiger partial charge in [0.2, 0.25) is 0 Å². The third-order valence-electron chi connectivity index (χ3n) is 6.15. The van der Waals surface area contributed by atoms with Crippen molar-refractivity contribution in [3.05, 3.63) is 170 Å². The van der Waals surface area contributed by atoms with Gasteiger partial charge in [-0.05, 0) is 73.0 Å². The molecule has 0 aromatic heterocycles. The van der Waals surface area contributed by atoms with Crippen LogP contribution in [0.5, 0.6) is 0 Å². The molecular formula is C38H42FeO4P2Ru. The van der Waals surface area contributed by atoms with E-state index >= 15 is 0 Å². The minimum absolute atomic E-state index is 0. The van der Waals surface area contributed by atoms with Crippen LogP contribution in [0.4, 0.5) is 0 Å². The Morgan fingerprint density at radius 2 is 0.565 bits per heavy atom. The Morgan fingerprint density at radius 3 is 0.739 bits per heavy atom. The normalized spacial score (nSPS) is 9.96. The summed E-state index contributed by atoms with van der Waals surface area (Å²) in [5.74, 6) is 0. The van der Waals surface area contributed by atoms with Gasteiger partial charge in [0.1, 0.15) is 12.6 Å². The maximum atomic E-state index is 7.61. The van der Waals surface area contributed by atoms with Crippen LogP contribution in [0.15, 0.2) is 170 Å². The first kappa shape index (κ1) is 41.4. The Hall–Kier alpha value is -2.58. The van der Waals surface area contributed by atoms with Gasteiger partial charge in [0.05, 0.1) is 21.2 Å². The molecule has 0 saturated carbocycles. The summed E-state index contributed by atoms with van der Waals surface area (Å²) in [6.45, 7) is 2.56. The molecule has 0 saturated heterocycles. The summed E-state index contributed by atoms with van der Waals surface area (Å²) in [4.78, 5) is 0. The first-order valence-electron chi connectivity index (χ1n) is 14.5. The van der Waals surface area contributed by atoms with E-state index in [0.717, 1.165) is 0 Å². The number of benzene rings is 4. The van der Waals surface area contributed by atoms with E-state index in [2.05, 4.69) is 170 Å². The Kier molecular flexibility index (Phi) is 21.4. The van der Waals surface area contributed by atoms with Gasteiger partial charge in [-0.15, -0.1) is 24.3 Å². The van der Waals surface area contributed by atoms with Crippen LogP contribution in [-0.4, -0.2) is 33.0 Å². The van der Waals surface area contributed by atoms with E-state index in [-0.39, 0.29) is 36.5 Å². The van der Waals surface area contributed by atoms with E-state index in [9.17, 15) is 0 Å². The predicted octanol–water partition coefficient (Wildman–Crippen LogP) is 4.42. The molecule has 0 radical (unpaired) electrons. The number of rotatable bonds is 6. The summed E-state index contributed by atoms with van der Waals surface area (Å²) in [5.41, 5.74) is 0. The van der Waals surface area contributed by atoms with Gasteiger partial charge in [-0.1, -0.05) is 72.8 Å². The third kappa shape index (κ3) is 14.9. The van der Waals surface area contributed by atoms with Crippen LogP contribution in [0.3, 0.4) is 0 Å². The van der Waals surface area contributed by atoms with E-state index < -0.39 is 28.4 Å². The van der Waals surface area contributed by atoms with Crippen molar-refractivity contribution in [2.75, 3.05) is 0 Å². The summed E-state index contributed by atoms with van der Waals surface area (Å²) in [7, 11) is -1.67. The van der Waals surface area contributed by atoms with Crippen LogP contribution < -0.4 is 31.8 Å². The average Bonchev–Trinajstić information content (AvgIpc) is 3.75. The molecule has 6 aromatic carbocycles. The predicted molar refractivity (Wildman–Crippen MR) is 192 cm³/mol. The average molecular weight is 782 g/mol. The number of aliphatic hydroxyl groups excluding tert-OH is 2. The number of hydrogen-bond acceptors (Lipinski definition) is 4. The molecule has 4 nitrogen and oxygen atoms in total. The Bertz CT molecular complexity index is 1320. The van der Waals surface area contributed by atoms with E-state index in [0.29, 0.717) is 0 Å². The zero-order valence-corrected chi connectivity index (χ0v) is 30.7. The summed E-state index contributed by atoms with van der Waals surface area (Å²) in [6.07, 6.45) is -2.33. The van der Waals surface area contributed by atoms with Crippen molar-refractivity contribution in [1.29, 1.82) is 0 Å². The number of hydrogen-bond donors (Lipinski definition) is 4. The van der Waals surface area contributed by atoms with Gasteiger partial charge in [0.15, 0.2) is 0 Å². The van der Waals surface area contributed by atoms with Crippen LogP contribution >= 0.6 is 15.8 Å². The van der Waals surface area contributed by atoms with Crippen molar-refractivity contribution >= 4 is 47.7 Å². The maximum Gasteiger partial charge on any atom is 0.148 e. The largest absolute Gasteiger partial charge is 0.368 e. The molecule has 0 atom stereocenters. The third-order valence-corrected chi connectivity index (χ3v) is 11.6. The molecule has 6 aromatic rings. The molecule has 0 spiro atoms. The van der Waals surface area contributed by atoms with E-state index in [1.807, 2.05) is 0 Å². The molecule has 0 bridgehead atoms. The van der Waals surface area contributed by atoms with Crippen LogP contribution in [0, 0.1) is 0 Å². The zero-order valence-electron chi connectivity index (χ0n) is 25.8. The topological polar surface area (TPSA) is 80.9 Å². The van der Waals surface area contributed by atoms with Gasteiger partial charge in [-0.2, -0.15) is 0 Å². The fraction of sp³-hybridized carbons (Fsp3) is 0.105. The smallest absolute Gasteiger partial charge is 0.148 e. The minimum atomic E-state index is -1.17. The summed E-state index contributed by atoms with van der Waals surface area (Å²) < 4.78 is 0. The van der Waals surface area contributed by atoms with Gasteiger partial charge >= 0.3 is 0 Å².